The highest BCUT2D eigenvalue weighted by molar-refractivity contribution is 5.92. The zero-order valence-electron chi connectivity index (χ0n) is 12.4. The van der Waals surface area contributed by atoms with Crippen LogP contribution in [0.1, 0.15) is 33.6 Å². The summed E-state index contributed by atoms with van der Waals surface area (Å²) in [6.07, 6.45) is 1.95. The van der Waals surface area contributed by atoms with E-state index in [2.05, 4.69) is 12.2 Å². The summed E-state index contributed by atoms with van der Waals surface area (Å²) in [5.74, 6) is 0.166. The Hall–Kier alpha value is -1.10. The predicted octanol–water partition coefficient (Wildman–Crippen LogP) is 0.454. The molecule has 0 aliphatic carbocycles. The Kier molecular flexibility index (Phi) is 3.85. The fourth-order valence-electron chi connectivity index (χ4n) is 3.18. The summed E-state index contributed by atoms with van der Waals surface area (Å²) < 4.78 is 0. The van der Waals surface area contributed by atoms with Crippen LogP contribution >= 0.6 is 0 Å². The molecule has 2 heterocycles. The van der Waals surface area contributed by atoms with Gasteiger partial charge in [0.25, 0.3) is 0 Å². The monoisotopic (exact) mass is 267 g/mol. The maximum atomic E-state index is 12.7. The van der Waals surface area contributed by atoms with Gasteiger partial charge in [-0.2, -0.15) is 0 Å². The molecule has 5 heteroatoms. The van der Waals surface area contributed by atoms with Crippen LogP contribution in [-0.4, -0.2) is 59.9 Å². The predicted molar refractivity (Wildman–Crippen MR) is 73.6 cm³/mol. The third-order valence-electron chi connectivity index (χ3n) is 4.55. The summed E-state index contributed by atoms with van der Waals surface area (Å²) in [7, 11) is 1.80. The number of likely N-dealkylation sites (N-methyl/N-ethyl adjacent to an activating group) is 1. The molecule has 19 heavy (non-hydrogen) atoms. The average molecular weight is 267 g/mol. The average Bonchev–Trinajstić information content (AvgIpc) is 2.36. The number of nitrogens with one attached hydrogen (secondary N) is 1. The largest absolute Gasteiger partial charge is 0.342 e. The van der Waals surface area contributed by atoms with Gasteiger partial charge in [-0.25, -0.2) is 0 Å². The van der Waals surface area contributed by atoms with Crippen molar-refractivity contribution in [1.82, 2.24) is 15.1 Å². The number of carbonyl (C=O) groups is 2. The van der Waals surface area contributed by atoms with E-state index in [4.69, 9.17) is 0 Å². The van der Waals surface area contributed by atoms with Crippen molar-refractivity contribution in [2.24, 2.45) is 5.92 Å². The number of rotatable bonds is 1. The van der Waals surface area contributed by atoms with Gasteiger partial charge in [-0.3, -0.25) is 9.59 Å². The van der Waals surface area contributed by atoms with Crippen molar-refractivity contribution < 1.29 is 9.59 Å². The van der Waals surface area contributed by atoms with Crippen LogP contribution in [0, 0.1) is 5.92 Å². The van der Waals surface area contributed by atoms with Crippen molar-refractivity contribution >= 4 is 11.8 Å². The summed E-state index contributed by atoms with van der Waals surface area (Å²) >= 11 is 0. The minimum Gasteiger partial charge on any atom is -0.342 e. The Morgan fingerprint density at radius 1 is 1.37 bits per heavy atom. The summed E-state index contributed by atoms with van der Waals surface area (Å²) in [5, 5.41) is 3.36. The smallest absolute Gasteiger partial charge is 0.247 e. The highest BCUT2D eigenvalue weighted by Crippen LogP contribution is 2.27. The first-order chi connectivity index (χ1) is 8.85. The molecule has 2 fully saturated rings. The maximum Gasteiger partial charge on any atom is 0.247 e. The van der Waals surface area contributed by atoms with Gasteiger partial charge in [0.15, 0.2) is 0 Å². The van der Waals surface area contributed by atoms with Crippen molar-refractivity contribution in [2.45, 2.75) is 45.2 Å². The molecule has 0 bridgehead atoms. The molecule has 0 spiro atoms. The zero-order chi connectivity index (χ0) is 14.2. The third-order valence-corrected chi connectivity index (χ3v) is 4.55. The molecule has 2 atom stereocenters. The molecule has 5 nitrogen and oxygen atoms in total. The lowest BCUT2D eigenvalue weighted by atomic mass is 9.87. The summed E-state index contributed by atoms with van der Waals surface area (Å²) in [6.45, 7) is 8.01. The molecule has 2 rings (SSSR count). The van der Waals surface area contributed by atoms with E-state index < -0.39 is 5.54 Å². The van der Waals surface area contributed by atoms with Gasteiger partial charge < -0.3 is 15.1 Å². The fourth-order valence-corrected chi connectivity index (χ4v) is 3.18. The summed E-state index contributed by atoms with van der Waals surface area (Å²) in [4.78, 5) is 28.5. The molecular formula is C14H25N3O2. The van der Waals surface area contributed by atoms with Crippen molar-refractivity contribution in [3.05, 3.63) is 0 Å². The zero-order valence-corrected chi connectivity index (χ0v) is 12.4. The lowest BCUT2D eigenvalue weighted by Crippen LogP contribution is -2.65. The summed E-state index contributed by atoms with van der Waals surface area (Å²) in [6, 6.07) is 0.201. The van der Waals surface area contributed by atoms with Crippen molar-refractivity contribution in [2.75, 3.05) is 26.7 Å². The van der Waals surface area contributed by atoms with Gasteiger partial charge in [-0.15, -0.1) is 0 Å². The van der Waals surface area contributed by atoms with E-state index in [-0.39, 0.29) is 23.8 Å². The molecule has 0 aromatic carbocycles. The number of piperazine rings is 1. The van der Waals surface area contributed by atoms with Gasteiger partial charge in [0, 0.05) is 26.2 Å². The van der Waals surface area contributed by atoms with E-state index >= 15 is 0 Å². The van der Waals surface area contributed by atoms with Crippen LogP contribution in [0.3, 0.4) is 0 Å². The Morgan fingerprint density at radius 3 is 2.68 bits per heavy atom. The van der Waals surface area contributed by atoms with Crippen LogP contribution in [0.5, 0.6) is 0 Å². The van der Waals surface area contributed by atoms with Crippen LogP contribution in [0.15, 0.2) is 0 Å². The molecular weight excluding hydrogens is 242 g/mol. The molecule has 0 radical (unpaired) electrons. The van der Waals surface area contributed by atoms with Gasteiger partial charge >= 0.3 is 0 Å². The molecule has 0 saturated carbocycles. The quantitative estimate of drug-likeness (QED) is 0.750. The standard InChI is InChI=1S/C14H25N3O2/c1-10-11(6-5-7-15-10)12(18)17-9-8-16(4)13(19)14(17,2)3/h10-11,15H,5-9H2,1-4H3. The van der Waals surface area contributed by atoms with E-state index in [1.54, 1.807) is 16.8 Å². The third kappa shape index (κ3) is 2.48. The molecule has 108 valence electrons. The number of carbonyl (C=O) groups excluding carboxylic acids is 2. The second kappa shape index (κ2) is 5.12. The number of amides is 2. The Morgan fingerprint density at radius 2 is 2.05 bits per heavy atom. The van der Waals surface area contributed by atoms with E-state index in [0.29, 0.717) is 13.1 Å². The highest BCUT2D eigenvalue weighted by atomic mass is 16.2. The lowest BCUT2D eigenvalue weighted by molar-refractivity contribution is -0.160. The molecule has 2 amide bonds. The second-order valence-corrected chi connectivity index (χ2v) is 6.27. The van der Waals surface area contributed by atoms with E-state index in [0.717, 1.165) is 19.4 Å². The molecule has 2 unspecified atom stereocenters. The molecule has 2 saturated heterocycles. The number of piperidine rings is 1. The number of hydrogen-bond donors (Lipinski definition) is 1. The van der Waals surface area contributed by atoms with Crippen LogP contribution < -0.4 is 5.32 Å². The van der Waals surface area contributed by atoms with Crippen LogP contribution in [-0.2, 0) is 9.59 Å². The SMILES string of the molecule is CC1NCCCC1C(=O)N1CCN(C)C(=O)C1(C)C. The first-order valence-corrected chi connectivity index (χ1v) is 7.16. The van der Waals surface area contributed by atoms with Crippen molar-refractivity contribution in [3.8, 4) is 0 Å². The van der Waals surface area contributed by atoms with Crippen molar-refractivity contribution in [1.29, 1.82) is 0 Å². The minimum atomic E-state index is -0.721. The van der Waals surface area contributed by atoms with Gasteiger partial charge in [-0.1, -0.05) is 0 Å². The van der Waals surface area contributed by atoms with Gasteiger partial charge in [0.2, 0.25) is 11.8 Å². The van der Waals surface area contributed by atoms with Crippen LogP contribution in [0.2, 0.25) is 0 Å². The molecule has 0 aromatic rings. The van der Waals surface area contributed by atoms with E-state index in [1.807, 2.05) is 13.8 Å². The number of nitrogens with zero attached hydrogens (tertiary/aromatic N) is 2. The van der Waals surface area contributed by atoms with Crippen LogP contribution in [0.25, 0.3) is 0 Å². The Balaban J connectivity index is 2.16. The van der Waals surface area contributed by atoms with Gasteiger partial charge in [0.05, 0.1) is 5.92 Å². The van der Waals surface area contributed by atoms with Crippen molar-refractivity contribution in [3.63, 3.8) is 0 Å². The lowest BCUT2D eigenvalue weighted by Gasteiger charge is -2.47. The Labute approximate surface area is 115 Å². The van der Waals surface area contributed by atoms with Gasteiger partial charge in [-0.05, 0) is 40.2 Å². The first kappa shape index (κ1) is 14.3. The summed E-state index contributed by atoms with van der Waals surface area (Å²) in [5.41, 5.74) is -0.721. The van der Waals surface area contributed by atoms with E-state index in [1.165, 1.54) is 0 Å². The minimum absolute atomic E-state index is 0.00392. The first-order valence-electron chi connectivity index (χ1n) is 7.16. The van der Waals surface area contributed by atoms with E-state index in [9.17, 15) is 9.59 Å². The normalized spacial score (nSPS) is 31.5. The maximum absolute atomic E-state index is 12.7. The number of hydrogen-bond acceptors (Lipinski definition) is 3. The molecule has 1 N–H and O–H groups in total. The highest BCUT2D eigenvalue weighted by Gasteiger charge is 2.45. The topological polar surface area (TPSA) is 52.7 Å². The fraction of sp³-hybridized carbons (Fsp3) is 0.857. The van der Waals surface area contributed by atoms with Crippen LogP contribution in [0.4, 0.5) is 0 Å². The molecule has 0 aromatic heterocycles. The second-order valence-electron chi connectivity index (χ2n) is 6.27. The molecule has 2 aliphatic rings. The Bertz CT molecular complexity index is 381. The molecule has 2 aliphatic heterocycles. The van der Waals surface area contributed by atoms with Gasteiger partial charge in [0.1, 0.15) is 5.54 Å².